The Morgan fingerprint density at radius 2 is 1.52 bits per heavy atom. The van der Waals surface area contributed by atoms with Gasteiger partial charge in [-0.3, -0.25) is 14.3 Å². The van der Waals surface area contributed by atoms with Gasteiger partial charge in [0.25, 0.3) is 0 Å². The van der Waals surface area contributed by atoms with Crippen LogP contribution in [-0.2, 0) is 39.1 Å². The summed E-state index contributed by atoms with van der Waals surface area (Å²) in [6, 6.07) is 27.6. The highest BCUT2D eigenvalue weighted by atomic mass is 32.2. The number of hydrogen-bond acceptors (Lipinski definition) is 6. The molecule has 1 aromatic heterocycles. The Balaban J connectivity index is 1.29. The first kappa shape index (κ1) is 34.5. The van der Waals surface area contributed by atoms with Gasteiger partial charge in [0, 0.05) is 36.6 Å². The lowest BCUT2D eigenvalue weighted by Gasteiger charge is -2.38. The lowest BCUT2D eigenvalue weighted by atomic mass is 9.69. The number of carbonyl (C=O) groups excluding carboxylic acids is 2. The number of sulfonamides is 1. The second kappa shape index (κ2) is 12.7. The van der Waals surface area contributed by atoms with Crippen molar-refractivity contribution in [3.8, 4) is 0 Å². The molecule has 264 valence electrons. The molecule has 1 amide bonds. The normalized spacial score (nSPS) is 24.1. The Bertz CT molecular complexity index is 1960. The number of nitrogens with zero attached hydrogens (tertiary/aromatic N) is 3. The summed E-state index contributed by atoms with van der Waals surface area (Å²) >= 11 is 0. The Morgan fingerprint density at radius 1 is 0.920 bits per heavy atom. The lowest BCUT2D eigenvalue weighted by molar-refractivity contribution is -0.134. The third-order valence-electron chi connectivity index (χ3n) is 11.8. The molecular formula is C41H49N3O5S. The first-order valence-corrected chi connectivity index (χ1v) is 19.5. The van der Waals surface area contributed by atoms with E-state index in [0.717, 1.165) is 41.3 Å². The highest BCUT2D eigenvalue weighted by Crippen LogP contribution is 2.70. The van der Waals surface area contributed by atoms with Gasteiger partial charge >= 0.3 is 6.09 Å². The fraction of sp³-hybridized carbons (Fsp3) is 0.463. The quantitative estimate of drug-likeness (QED) is 0.179. The second-order valence-electron chi connectivity index (χ2n) is 16.3. The van der Waals surface area contributed by atoms with Crippen LogP contribution >= 0.6 is 0 Å². The SMILES string of the molecule is CC(C)(C)OC(=O)n1cc(C[C@H](CN(Cc2ccccc2)Cc2ccccc2)C(=O)N2[C@H]3C[C@@H]4CC[C@@]3(CS2(=O)=O)C4(C)C)c2ccccc21. The van der Waals surface area contributed by atoms with E-state index in [4.69, 9.17) is 4.74 Å². The maximum Gasteiger partial charge on any atom is 0.419 e. The van der Waals surface area contributed by atoms with Gasteiger partial charge in [0.05, 0.1) is 23.2 Å². The van der Waals surface area contributed by atoms with Gasteiger partial charge in [-0.1, -0.05) is 92.7 Å². The number of carbonyl (C=O) groups is 2. The molecule has 3 aromatic carbocycles. The highest BCUT2D eigenvalue weighted by Gasteiger charge is 2.72. The molecule has 3 aliphatic rings. The van der Waals surface area contributed by atoms with Gasteiger partial charge in [0.1, 0.15) is 5.60 Å². The van der Waals surface area contributed by atoms with Gasteiger partial charge in [-0.15, -0.1) is 0 Å². The molecular weight excluding hydrogens is 647 g/mol. The summed E-state index contributed by atoms with van der Waals surface area (Å²) in [5.74, 6) is -0.596. The largest absolute Gasteiger partial charge is 0.443 e. The van der Waals surface area contributed by atoms with E-state index in [0.29, 0.717) is 31.1 Å². The third kappa shape index (κ3) is 6.17. The van der Waals surface area contributed by atoms with Crippen molar-refractivity contribution in [3.63, 3.8) is 0 Å². The highest BCUT2D eigenvalue weighted by molar-refractivity contribution is 7.90. The molecule has 7 rings (SSSR count). The summed E-state index contributed by atoms with van der Waals surface area (Å²) in [6.07, 6.45) is 4.12. The molecule has 4 aromatic rings. The van der Waals surface area contributed by atoms with E-state index in [1.165, 1.54) is 8.87 Å². The van der Waals surface area contributed by atoms with Crippen LogP contribution in [0, 0.1) is 22.7 Å². The summed E-state index contributed by atoms with van der Waals surface area (Å²) in [4.78, 5) is 30.8. The number of rotatable bonds is 9. The van der Waals surface area contributed by atoms with Crippen LogP contribution in [0.4, 0.5) is 4.79 Å². The number of ether oxygens (including phenoxy) is 1. The van der Waals surface area contributed by atoms with Crippen LogP contribution in [0.5, 0.6) is 0 Å². The molecule has 1 saturated heterocycles. The Labute approximate surface area is 296 Å². The molecule has 2 bridgehead atoms. The van der Waals surface area contributed by atoms with Gasteiger partial charge in [-0.05, 0) is 80.5 Å². The number of fused-ring (bicyclic) bond motifs is 2. The number of para-hydroxylation sites is 1. The lowest BCUT2D eigenvalue weighted by Crippen LogP contribution is -2.48. The maximum absolute atomic E-state index is 15.1. The minimum Gasteiger partial charge on any atom is -0.443 e. The minimum atomic E-state index is -3.84. The molecule has 1 spiro atoms. The fourth-order valence-corrected chi connectivity index (χ4v) is 11.9. The average Bonchev–Trinajstić information content (AvgIpc) is 3.69. The van der Waals surface area contributed by atoms with Gasteiger partial charge in [-0.25, -0.2) is 17.5 Å². The molecule has 0 radical (unpaired) electrons. The van der Waals surface area contributed by atoms with Crippen molar-refractivity contribution in [1.82, 2.24) is 13.8 Å². The predicted molar refractivity (Wildman–Crippen MR) is 196 cm³/mol. The predicted octanol–water partition coefficient (Wildman–Crippen LogP) is 7.65. The first-order chi connectivity index (χ1) is 23.7. The van der Waals surface area contributed by atoms with E-state index < -0.39 is 33.1 Å². The van der Waals surface area contributed by atoms with Crippen LogP contribution in [0.1, 0.15) is 70.6 Å². The van der Waals surface area contributed by atoms with E-state index in [-0.39, 0.29) is 29.5 Å². The Kier molecular flexibility index (Phi) is 8.74. The van der Waals surface area contributed by atoms with E-state index >= 15 is 4.79 Å². The number of amides is 1. The number of aromatic nitrogens is 1. The summed E-state index contributed by atoms with van der Waals surface area (Å²) in [5.41, 5.74) is 2.46. The molecule has 9 heteroatoms. The zero-order chi connectivity index (χ0) is 35.5. The van der Waals surface area contributed by atoms with Gasteiger partial charge in [0.15, 0.2) is 0 Å². The standard InChI is InChI=1S/C41H49N3O5S/c1-39(2,3)49-38(46)43-27-31(34-18-12-13-19-35(34)43)22-32(26-42(24-29-14-8-6-9-15-29)25-30-16-10-7-11-17-30)37(45)44-36-23-33-20-21-41(36,40(33,4)5)28-50(44,47)48/h6-19,27,32-33,36H,20-26,28H2,1-5H3/t32-,33+,36+,41+/m1/s1. The van der Waals surface area contributed by atoms with Gasteiger partial charge in [0.2, 0.25) is 15.9 Å². The van der Waals surface area contributed by atoms with Crippen LogP contribution in [0.3, 0.4) is 0 Å². The number of hydrogen-bond donors (Lipinski definition) is 0. The molecule has 1 aliphatic heterocycles. The van der Waals surface area contributed by atoms with Crippen molar-refractivity contribution in [3.05, 3.63) is 108 Å². The first-order valence-electron chi connectivity index (χ1n) is 17.9. The zero-order valence-electron chi connectivity index (χ0n) is 29.8. The molecule has 2 aliphatic carbocycles. The molecule has 4 atom stereocenters. The molecule has 0 unspecified atom stereocenters. The molecule has 3 fully saturated rings. The van der Waals surface area contributed by atoms with Gasteiger partial charge in [-0.2, -0.15) is 0 Å². The molecule has 50 heavy (non-hydrogen) atoms. The van der Waals surface area contributed by atoms with E-state index in [1.807, 2.05) is 81.4 Å². The Morgan fingerprint density at radius 3 is 2.12 bits per heavy atom. The van der Waals surface area contributed by atoms with Crippen LogP contribution in [-0.4, -0.2) is 58.1 Å². The average molecular weight is 696 g/mol. The van der Waals surface area contributed by atoms with Crippen molar-refractivity contribution in [1.29, 1.82) is 0 Å². The summed E-state index contributed by atoms with van der Waals surface area (Å²) in [6.45, 7) is 11.4. The topological polar surface area (TPSA) is 88.9 Å². The molecule has 2 saturated carbocycles. The summed E-state index contributed by atoms with van der Waals surface area (Å²) in [7, 11) is -3.84. The zero-order valence-corrected chi connectivity index (χ0v) is 30.7. The van der Waals surface area contributed by atoms with Crippen molar-refractivity contribution in [2.75, 3.05) is 12.3 Å². The van der Waals surface area contributed by atoms with Crippen LogP contribution < -0.4 is 0 Å². The van der Waals surface area contributed by atoms with E-state index in [2.05, 4.69) is 43.0 Å². The van der Waals surface area contributed by atoms with Crippen molar-refractivity contribution < 1.29 is 22.7 Å². The van der Waals surface area contributed by atoms with Crippen LogP contribution in [0.2, 0.25) is 0 Å². The van der Waals surface area contributed by atoms with Crippen LogP contribution in [0.15, 0.2) is 91.1 Å². The Hall–Kier alpha value is -3.95. The van der Waals surface area contributed by atoms with E-state index in [1.54, 1.807) is 6.20 Å². The second-order valence-corrected chi connectivity index (χ2v) is 18.2. The molecule has 0 N–H and O–H groups in total. The summed E-state index contributed by atoms with van der Waals surface area (Å²) < 4.78 is 37.0. The monoisotopic (exact) mass is 695 g/mol. The van der Waals surface area contributed by atoms with Crippen molar-refractivity contribution >= 4 is 32.9 Å². The fourth-order valence-electron chi connectivity index (χ4n) is 9.31. The number of benzene rings is 3. The summed E-state index contributed by atoms with van der Waals surface area (Å²) in [5, 5.41) is 0.843. The van der Waals surface area contributed by atoms with E-state index in [9.17, 15) is 13.2 Å². The third-order valence-corrected chi connectivity index (χ3v) is 13.7. The van der Waals surface area contributed by atoms with Gasteiger partial charge < -0.3 is 4.74 Å². The van der Waals surface area contributed by atoms with Crippen LogP contribution in [0.25, 0.3) is 10.9 Å². The van der Waals surface area contributed by atoms with Crippen molar-refractivity contribution in [2.24, 2.45) is 22.7 Å². The smallest absolute Gasteiger partial charge is 0.419 e. The van der Waals surface area contributed by atoms with Crippen molar-refractivity contribution in [2.45, 2.75) is 85.0 Å². The molecule has 2 heterocycles. The maximum atomic E-state index is 15.1. The molecule has 8 nitrogen and oxygen atoms in total. The minimum absolute atomic E-state index is 0.0301.